The minimum Gasteiger partial charge on any atom is -0.455 e. The Bertz CT molecular complexity index is 1210. The van der Waals surface area contributed by atoms with Crippen LogP contribution in [0.4, 0.5) is 4.39 Å². The molecule has 1 aliphatic rings. The van der Waals surface area contributed by atoms with Gasteiger partial charge in [0.05, 0.1) is 17.4 Å². The van der Waals surface area contributed by atoms with E-state index in [9.17, 15) is 4.79 Å². The Morgan fingerprint density at radius 2 is 2.21 bits per heavy atom. The lowest BCUT2D eigenvalue weighted by Gasteiger charge is -2.33. The van der Waals surface area contributed by atoms with Crippen LogP contribution in [-0.2, 0) is 13.5 Å². The lowest BCUT2D eigenvalue weighted by atomic mass is 9.99. The fourth-order valence-electron chi connectivity index (χ4n) is 3.64. The van der Waals surface area contributed by atoms with E-state index < -0.39 is 17.8 Å². The van der Waals surface area contributed by atoms with Crippen molar-refractivity contribution in [1.29, 1.82) is 0 Å². The number of hydrogen-bond acceptors (Lipinski definition) is 5. The van der Waals surface area contributed by atoms with Crippen LogP contribution in [0, 0.1) is 5.82 Å². The van der Waals surface area contributed by atoms with Gasteiger partial charge in [0, 0.05) is 25.7 Å². The maximum atomic E-state index is 15.2. The van der Waals surface area contributed by atoms with Crippen LogP contribution in [0.2, 0.25) is 5.28 Å². The van der Waals surface area contributed by atoms with E-state index in [0.29, 0.717) is 29.6 Å². The molecule has 0 aliphatic carbocycles. The van der Waals surface area contributed by atoms with Crippen LogP contribution < -0.4 is 0 Å². The number of benzene rings is 1. The van der Waals surface area contributed by atoms with E-state index in [1.54, 1.807) is 31.3 Å². The van der Waals surface area contributed by atoms with Gasteiger partial charge < -0.3 is 14.3 Å². The molecule has 1 atom stereocenters. The number of H-pyrrole nitrogens is 1. The molecule has 8 nitrogen and oxygen atoms in total. The van der Waals surface area contributed by atoms with Crippen molar-refractivity contribution in [3.63, 3.8) is 0 Å². The molecule has 4 heterocycles. The molecule has 0 radical (unpaired) electrons. The van der Waals surface area contributed by atoms with Gasteiger partial charge in [-0.15, -0.1) is 5.10 Å². The Labute approximate surface area is 162 Å². The van der Waals surface area contributed by atoms with Crippen LogP contribution in [0.3, 0.4) is 0 Å². The predicted molar refractivity (Wildman–Crippen MR) is 97.4 cm³/mol. The number of imidazole rings is 1. The number of amides is 1. The summed E-state index contributed by atoms with van der Waals surface area (Å²) in [5.74, 6) is -0.841. The number of nitrogens with one attached hydrogen (secondary N) is 1. The molecule has 142 valence electrons. The summed E-state index contributed by atoms with van der Waals surface area (Å²) in [6, 6.07) is 5.99. The molecule has 28 heavy (non-hydrogen) atoms. The summed E-state index contributed by atoms with van der Waals surface area (Å²) in [5.41, 5.74) is 1.79. The summed E-state index contributed by atoms with van der Waals surface area (Å²) in [6.45, 7) is 0.333. The van der Waals surface area contributed by atoms with E-state index in [1.807, 2.05) is 0 Å². The minimum absolute atomic E-state index is 0.0326. The van der Waals surface area contributed by atoms with Gasteiger partial charge in [0.2, 0.25) is 11.1 Å². The molecular formula is C18H14ClFN6O2. The average Bonchev–Trinajstić information content (AvgIpc) is 3.38. The van der Waals surface area contributed by atoms with Crippen molar-refractivity contribution in [3.8, 4) is 0 Å². The van der Waals surface area contributed by atoms with Gasteiger partial charge >= 0.3 is 0 Å². The molecule has 5 rings (SSSR count). The van der Waals surface area contributed by atoms with Crippen LogP contribution in [0.25, 0.3) is 11.0 Å². The Morgan fingerprint density at radius 1 is 1.39 bits per heavy atom. The lowest BCUT2D eigenvalue weighted by molar-refractivity contribution is 0.0651. The number of aromatic amines is 1. The molecule has 0 saturated heterocycles. The predicted octanol–water partition coefficient (Wildman–Crippen LogP) is 2.86. The SMILES string of the molecule is Cn1nc(Cl)nc1C(=O)N1CCc2[nH]cnc2[C@H]1c1oc2ccccc2c1F. The second-order valence-corrected chi connectivity index (χ2v) is 6.86. The van der Waals surface area contributed by atoms with Gasteiger partial charge in [-0.2, -0.15) is 4.98 Å². The largest absolute Gasteiger partial charge is 0.455 e. The topological polar surface area (TPSA) is 92.8 Å². The molecule has 0 spiro atoms. The third kappa shape index (κ3) is 2.43. The summed E-state index contributed by atoms with van der Waals surface area (Å²) in [5, 5.41) is 4.24. The zero-order valence-electron chi connectivity index (χ0n) is 14.7. The standard InChI is InChI=1S/C18H14ClFN6O2/c1-25-16(23-18(19)24-25)17(27)26-7-6-10-13(22-8-21-10)14(26)15-12(20)9-4-2-3-5-11(9)28-15/h2-5,8,14H,6-7H2,1H3,(H,21,22)/t14-/m0/s1. The van der Waals surface area contributed by atoms with E-state index in [2.05, 4.69) is 20.1 Å². The molecule has 0 unspecified atom stereocenters. The quantitative estimate of drug-likeness (QED) is 0.558. The number of fused-ring (bicyclic) bond motifs is 2. The average molecular weight is 401 g/mol. The van der Waals surface area contributed by atoms with Crippen LogP contribution in [-0.4, -0.2) is 42.1 Å². The number of para-hydroxylation sites is 1. The summed E-state index contributed by atoms with van der Waals surface area (Å²) in [6.07, 6.45) is 2.08. The molecular weight excluding hydrogens is 387 g/mol. The van der Waals surface area contributed by atoms with Crippen molar-refractivity contribution >= 4 is 28.5 Å². The van der Waals surface area contributed by atoms with Crippen molar-refractivity contribution in [2.24, 2.45) is 7.05 Å². The van der Waals surface area contributed by atoms with Gasteiger partial charge in [0.1, 0.15) is 11.6 Å². The summed E-state index contributed by atoms with van der Waals surface area (Å²) >= 11 is 5.83. The smallest absolute Gasteiger partial charge is 0.292 e. The second kappa shape index (κ2) is 6.16. The highest BCUT2D eigenvalue weighted by Crippen LogP contribution is 2.39. The molecule has 3 aromatic heterocycles. The Hall–Kier alpha value is -3.20. The molecule has 1 N–H and O–H groups in total. The molecule has 0 saturated carbocycles. The number of rotatable bonds is 2. The molecule has 1 amide bonds. The first kappa shape index (κ1) is 16.9. The first-order valence-corrected chi connectivity index (χ1v) is 8.99. The fraction of sp³-hybridized carbons (Fsp3) is 0.222. The van der Waals surface area contributed by atoms with E-state index in [1.165, 1.54) is 15.9 Å². The summed E-state index contributed by atoms with van der Waals surface area (Å²) in [4.78, 5) is 26.1. The number of carbonyl (C=O) groups is 1. The van der Waals surface area contributed by atoms with Gasteiger partial charge in [-0.25, -0.2) is 14.1 Å². The number of carbonyl (C=O) groups excluding carboxylic acids is 1. The first-order chi connectivity index (χ1) is 13.5. The van der Waals surface area contributed by atoms with E-state index >= 15 is 4.39 Å². The first-order valence-electron chi connectivity index (χ1n) is 8.61. The number of halogens is 2. The highest BCUT2D eigenvalue weighted by atomic mass is 35.5. The molecule has 1 aliphatic heterocycles. The third-order valence-corrected chi connectivity index (χ3v) is 5.08. The Morgan fingerprint density at radius 3 is 2.96 bits per heavy atom. The third-order valence-electron chi connectivity index (χ3n) is 4.92. The van der Waals surface area contributed by atoms with Crippen LogP contribution >= 0.6 is 11.6 Å². The second-order valence-electron chi connectivity index (χ2n) is 6.52. The lowest BCUT2D eigenvalue weighted by Crippen LogP contribution is -2.42. The fourth-order valence-corrected chi connectivity index (χ4v) is 3.83. The minimum atomic E-state index is -0.828. The van der Waals surface area contributed by atoms with Crippen LogP contribution in [0.1, 0.15) is 33.8 Å². The number of aromatic nitrogens is 5. The summed E-state index contributed by atoms with van der Waals surface area (Å²) < 4.78 is 22.3. The number of hydrogen-bond donors (Lipinski definition) is 1. The molecule has 0 bridgehead atoms. The van der Waals surface area contributed by atoms with Crippen molar-refractivity contribution < 1.29 is 13.6 Å². The molecule has 4 aromatic rings. The van der Waals surface area contributed by atoms with Crippen molar-refractivity contribution in [2.45, 2.75) is 12.5 Å². The molecule has 10 heteroatoms. The highest BCUT2D eigenvalue weighted by molar-refractivity contribution is 6.28. The van der Waals surface area contributed by atoms with E-state index in [-0.39, 0.29) is 16.9 Å². The number of nitrogens with zero attached hydrogens (tertiary/aromatic N) is 5. The van der Waals surface area contributed by atoms with Crippen molar-refractivity contribution in [3.05, 3.63) is 64.7 Å². The molecule has 0 fully saturated rings. The van der Waals surface area contributed by atoms with Gasteiger partial charge in [-0.3, -0.25) is 4.79 Å². The van der Waals surface area contributed by atoms with Crippen molar-refractivity contribution in [1.82, 2.24) is 29.6 Å². The number of furan rings is 1. The highest BCUT2D eigenvalue weighted by Gasteiger charge is 2.40. The van der Waals surface area contributed by atoms with Gasteiger partial charge in [-0.1, -0.05) is 12.1 Å². The monoisotopic (exact) mass is 400 g/mol. The van der Waals surface area contributed by atoms with Crippen LogP contribution in [0.5, 0.6) is 0 Å². The Kier molecular flexibility index (Phi) is 3.73. The van der Waals surface area contributed by atoms with Gasteiger partial charge in [0.25, 0.3) is 5.91 Å². The summed E-state index contributed by atoms with van der Waals surface area (Å²) in [7, 11) is 1.58. The zero-order chi connectivity index (χ0) is 19.4. The maximum absolute atomic E-state index is 15.2. The van der Waals surface area contributed by atoms with E-state index in [0.717, 1.165) is 5.69 Å². The Balaban J connectivity index is 1.67. The maximum Gasteiger partial charge on any atom is 0.292 e. The normalized spacial score (nSPS) is 16.5. The van der Waals surface area contributed by atoms with E-state index in [4.69, 9.17) is 16.0 Å². The van der Waals surface area contributed by atoms with Gasteiger partial charge in [0.15, 0.2) is 11.6 Å². The zero-order valence-corrected chi connectivity index (χ0v) is 15.4. The van der Waals surface area contributed by atoms with Crippen LogP contribution in [0.15, 0.2) is 35.0 Å². The molecule has 1 aromatic carbocycles. The van der Waals surface area contributed by atoms with Crippen molar-refractivity contribution in [2.75, 3.05) is 6.54 Å². The number of aryl methyl sites for hydroxylation is 1. The van der Waals surface area contributed by atoms with Gasteiger partial charge in [-0.05, 0) is 23.7 Å².